The standard InChI is InChI=1S/C16H16F3N3O/c1-23-15-5-4-12(3-2-11-6-8-20-9-7-11)13-10-14(16(17,18)19)21-22(13)15/h4,6-10,15H,2-3,5H2,1H3. The number of allylic oxidation sites excluding steroid dienone is 1. The van der Waals surface area contributed by atoms with E-state index in [9.17, 15) is 13.2 Å². The van der Waals surface area contributed by atoms with Crippen molar-refractivity contribution in [3.8, 4) is 0 Å². The summed E-state index contributed by atoms with van der Waals surface area (Å²) in [7, 11) is 1.47. The van der Waals surface area contributed by atoms with E-state index in [-0.39, 0.29) is 0 Å². The second-order valence-electron chi connectivity index (χ2n) is 5.37. The summed E-state index contributed by atoms with van der Waals surface area (Å²) >= 11 is 0. The van der Waals surface area contributed by atoms with E-state index in [1.54, 1.807) is 12.4 Å². The Labute approximate surface area is 131 Å². The minimum absolute atomic E-state index is 0.476. The van der Waals surface area contributed by atoms with Gasteiger partial charge in [-0.3, -0.25) is 4.98 Å². The largest absolute Gasteiger partial charge is 0.435 e. The first kappa shape index (κ1) is 15.7. The lowest BCUT2D eigenvalue weighted by atomic mass is 9.99. The van der Waals surface area contributed by atoms with Gasteiger partial charge in [0, 0.05) is 25.9 Å². The van der Waals surface area contributed by atoms with Gasteiger partial charge in [-0.15, -0.1) is 0 Å². The molecule has 1 aliphatic heterocycles. The summed E-state index contributed by atoms with van der Waals surface area (Å²) in [4.78, 5) is 3.96. The Morgan fingerprint density at radius 3 is 2.65 bits per heavy atom. The van der Waals surface area contributed by atoms with Gasteiger partial charge in [0.1, 0.15) is 0 Å². The second kappa shape index (κ2) is 6.16. The van der Waals surface area contributed by atoms with Gasteiger partial charge < -0.3 is 4.74 Å². The van der Waals surface area contributed by atoms with E-state index in [0.29, 0.717) is 18.5 Å². The zero-order valence-corrected chi connectivity index (χ0v) is 12.5. The van der Waals surface area contributed by atoms with Gasteiger partial charge in [0.2, 0.25) is 0 Å². The normalized spacial score (nSPS) is 17.7. The molecule has 0 bridgehead atoms. The molecule has 0 amide bonds. The van der Waals surface area contributed by atoms with E-state index < -0.39 is 18.1 Å². The summed E-state index contributed by atoms with van der Waals surface area (Å²) in [5.74, 6) is 0. The SMILES string of the molecule is COC1CC=C(CCc2ccncc2)c2cc(C(F)(F)F)nn21. The molecule has 1 atom stereocenters. The molecule has 122 valence electrons. The predicted molar refractivity (Wildman–Crippen MR) is 78.4 cm³/mol. The van der Waals surface area contributed by atoms with E-state index in [4.69, 9.17) is 4.74 Å². The second-order valence-corrected chi connectivity index (χ2v) is 5.37. The highest BCUT2D eigenvalue weighted by Gasteiger charge is 2.37. The van der Waals surface area contributed by atoms with Crippen LogP contribution in [-0.2, 0) is 17.3 Å². The molecular weight excluding hydrogens is 307 g/mol. The molecule has 3 heterocycles. The lowest BCUT2D eigenvalue weighted by Gasteiger charge is -2.23. The zero-order chi connectivity index (χ0) is 16.4. The van der Waals surface area contributed by atoms with Crippen LogP contribution < -0.4 is 0 Å². The number of fused-ring (bicyclic) bond motifs is 1. The number of aromatic nitrogens is 3. The molecule has 0 aromatic carbocycles. The van der Waals surface area contributed by atoms with E-state index in [0.717, 1.165) is 23.6 Å². The minimum atomic E-state index is -4.46. The first-order chi connectivity index (χ1) is 11.0. The fourth-order valence-corrected chi connectivity index (χ4v) is 2.69. The number of methoxy groups -OCH3 is 1. The van der Waals surface area contributed by atoms with E-state index in [2.05, 4.69) is 10.1 Å². The van der Waals surface area contributed by atoms with Crippen LogP contribution in [-0.4, -0.2) is 21.9 Å². The third kappa shape index (κ3) is 3.29. The maximum atomic E-state index is 12.9. The zero-order valence-electron chi connectivity index (χ0n) is 12.5. The Hall–Kier alpha value is -2.15. The van der Waals surface area contributed by atoms with Gasteiger partial charge in [-0.05, 0) is 42.2 Å². The van der Waals surface area contributed by atoms with Gasteiger partial charge in [-0.1, -0.05) is 6.08 Å². The molecule has 2 aromatic rings. The molecule has 0 saturated carbocycles. The van der Waals surface area contributed by atoms with Crippen LogP contribution in [0.1, 0.15) is 36.0 Å². The fraction of sp³-hybridized carbons (Fsp3) is 0.375. The maximum absolute atomic E-state index is 12.9. The number of aryl methyl sites for hydroxylation is 1. The predicted octanol–water partition coefficient (Wildman–Crippen LogP) is 3.86. The van der Waals surface area contributed by atoms with Gasteiger partial charge in [0.15, 0.2) is 11.9 Å². The Bertz CT molecular complexity index is 707. The average molecular weight is 323 g/mol. The monoisotopic (exact) mass is 323 g/mol. The lowest BCUT2D eigenvalue weighted by Crippen LogP contribution is -2.19. The van der Waals surface area contributed by atoms with Gasteiger partial charge in [-0.25, -0.2) is 4.68 Å². The average Bonchev–Trinajstić information content (AvgIpc) is 2.99. The highest BCUT2D eigenvalue weighted by molar-refractivity contribution is 5.65. The van der Waals surface area contributed by atoms with E-state index >= 15 is 0 Å². The van der Waals surface area contributed by atoms with Gasteiger partial charge in [-0.2, -0.15) is 18.3 Å². The molecule has 23 heavy (non-hydrogen) atoms. The molecule has 0 saturated heterocycles. The number of hydrogen-bond acceptors (Lipinski definition) is 3. The first-order valence-corrected chi connectivity index (χ1v) is 7.27. The van der Waals surface area contributed by atoms with Gasteiger partial charge >= 0.3 is 6.18 Å². The fourth-order valence-electron chi connectivity index (χ4n) is 2.69. The molecule has 0 aliphatic carbocycles. The molecule has 0 fully saturated rings. The van der Waals surface area contributed by atoms with Crippen molar-refractivity contribution in [2.75, 3.05) is 7.11 Å². The third-order valence-electron chi connectivity index (χ3n) is 3.90. The van der Waals surface area contributed by atoms with E-state index in [1.807, 2.05) is 18.2 Å². The molecule has 1 unspecified atom stereocenters. The van der Waals surface area contributed by atoms with E-state index in [1.165, 1.54) is 11.8 Å². The number of ether oxygens (including phenoxy) is 1. The molecule has 0 N–H and O–H groups in total. The molecule has 0 spiro atoms. The minimum Gasteiger partial charge on any atom is -0.359 e. The third-order valence-corrected chi connectivity index (χ3v) is 3.90. The van der Waals surface area contributed by atoms with Crippen molar-refractivity contribution >= 4 is 5.57 Å². The molecule has 3 rings (SSSR count). The Kier molecular flexibility index (Phi) is 4.21. The van der Waals surface area contributed by atoms with Gasteiger partial charge in [0.05, 0.1) is 5.69 Å². The van der Waals surface area contributed by atoms with Crippen molar-refractivity contribution < 1.29 is 17.9 Å². The highest BCUT2D eigenvalue weighted by atomic mass is 19.4. The molecule has 1 aliphatic rings. The summed E-state index contributed by atoms with van der Waals surface area (Å²) in [6.07, 6.45) is 2.28. The first-order valence-electron chi connectivity index (χ1n) is 7.27. The molecular formula is C16H16F3N3O. The summed E-state index contributed by atoms with van der Waals surface area (Å²) in [5, 5.41) is 3.70. The van der Waals surface area contributed by atoms with Crippen LogP contribution >= 0.6 is 0 Å². The number of rotatable bonds is 4. The van der Waals surface area contributed by atoms with Crippen molar-refractivity contribution in [1.29, 1.82) is 0 Å². The van der Waals surface area contributed by atoms with Crippen LogP contribution in [0.4, 0.5) is 13.2 Å². The summed E-state index contributed by atoms with van der Waals surface area (Å²) in [5.41, 5.74) is 1.55. The summed E-state index contributed by atoms with van der Waals surface area (Å²) in [6, 6.07) is 4.91. The number of hydrogen-bond donors (Lipinski definition) is 0. The molecule has 7 heteroatoms. The van der Waals surface area contributed by atoms with Gasteiger partial charge in [0.25, 0.3) is 0 Å². The topological polar surface area (TPSA) is 39.9 Å². The Balaban J connectivity index is 1.86. The molecule has 2 aromatic heterocycles. The van der Waals surface area contributed by atoms with Crippen molar-refractivity contribution in [3.05, 3.63) is 53.6 Å². The van der Waals surface area contributed by atoms with Crippen LogP contribution in [0.25, 0.3) is 5.57 Å². The van der Waals surface area contributed by atoms with Crippen molar-refractivity contribution in [1.82, 2.24) is 14.8 Å². The Morgan fingerprint density at radius 1 is 1.26 bits per heavy atom. The lowest BCUT2D eigenvalue weighted by molar-refractivity contribution is -0.142. The quantitative estimate of drug-likeness (QED) is 0.858. The highest BCUT2D eigenvalue weighted by Crippen LogP contribution is 2.36. The van der Waals surface area contributed by atoms with Crippen LogP contribution in [0.5, 0.6) is 0 Å². The van der Waals surface area contributed by atoms with Crippen LogP contribution in [0.15, 0.2) is 36.7 Å². The Morgan fingerprint density at radius 2 is 2.00 bits per heavy atom. The van der Waals surface area contributed by atoms with Crippen LogP contribution in [0, 0.1) is 0 Å². The molecule has 0 radical (unpaired) electrons. The smallest absolute Gasteiger partial charge is 0.359 e. The van der Waals surface area contributed by atoms with Crippen LogP contribution in [0.2, 0.25) is 0 Å². The van der Waals surface area contributed by atoms with Crippen molar-refractivity contribution in [3.63, 3.8) is 0 Å². The number of pyridine rings is 1. The van der Waals surface area contributed by atoms with Crippen molar-refractivity contribution in [2.24, 2.45) is 0 Å². The molecule has 4 nitrogen and oxygen atoms in total. The van der Waals surface area contributed by atoms with Crippen LogP contribution in [0.3, 0.4) is 0 Å². The summed E-state index contributed by atoms with van der Waals surface area (Å²) in [6.45, 7) is 0. The maximum Gasteiger partial charge on any atom is 0.435 e. The summed E-state index contributed by atoms with van der Waals surface area (Å²) < 4.78 is 45.4. The number of halogens is 3. The number of nitrogens with zero attached hydrogens (tertiary/aromatic N) is 3. The number of alkyl halides is 3. The van der Waals surface area contributed by atoms with Crippen molar-refractivity contribution in [2.45, 2.75) is 31.7 Å².